The molecule has 0 saturated carbocycles. The first-order valence-electron chi connectivity index (χ1n) is 14.7. The summed E-state index contributed by atoms with van der Waals surface area (Å²) in [4.78, 5) is 29.9. The molecule has 7 nitrogen and oxygen atoms in total. The van der Waals surface area contributed by atoms with Crippen LogP contribution >= 0.6 is 23.2 Å². The zero-order valence-corrected chi connectivity index (χ0v) is 27.8. The summed E-state index contributed by atoms with van der Waals surface area (Å²) in [5.74, 6) is -0.885. The Hall–Kier alpha value is -3.85. The van der Waals surface area contributed by atoms with Crippen LogP contribution in [0.15, 0.2) is 108 Å². The van der Waals surface area contributed by atoms with E-state index < -0.39 is 28.5 Å². The number of aryl methyl sites for hydroxylation is 1. The van der Waals surface area contributed by atoms with Gasteiger partial charge in [0.2, 0.25) is 11.8 Å². The van der Waals surface area contributed by atoms with Crippen LogP contribution in [0.2, 0.25) is 10.0 Å². The van der Waals surface area contributed by atoms with E-state index in [9.17, 15) is 18.0 Å². The summed E-state index contributed by atoms with van der Waals surface area (Å²) < 4.78 is 29.3. The Bertz CT molecular complexity index is 1700. The Kier molecular flexibility index (Phi) is 11.7. The number of amides is 2. The van der Waals surface area contributed by atoms with Gasteiger partial charge in [0.05, 0.1) is 10.6 Å². The van der Waals surface area contributed by atoms with Gasteiger partial charge in [-0.05, 0) is 79.9 Å². The fourth-order valence-electron chi connectivity index (χ4n) is 4.80. The molecule has 236 valence electrons. The van der Waals surface area contributed by atoms with E-state index >= 15 is 0 Å². The number of benzene rings is 4. The van der Waals surface area contributed by atoms with Gasteiger partial charge >= 0.3 is 0 Å². The number of rotatable bonds is 13. The predicted octanol–water partition coefficient (Wildman–Crippen LogP) is 7.05. The summed E-state index contributed by atoms with van der Waals surface area (Å²) in [7, 11) is -4.20. The smallest absolute Gasteiger partial charge is 0.264 e. The maximum atomic E-state index is 14.5. The highest BCUT2D eigenvalue weighted by molar-refractivity contribution is 7.92. The summed E-state index contributed by atoms with van der Waals surface area (Å²) in [6.07, 6.45) is 0.923. The first-order chi connectivity index (χ1) is 21.5. The third-order valence-electron chi connectivity index (χ3n) is 7.52. The van der Waals surface area contributed by atoms with E-state index in [4.69, 9.17) is 23.2 Å². The van der Waals surface area contributed by atoms with Crippen molar-refractivity contribution in [2.24, 2.45) is 0 Å². The highest BCUT2D eigenvalue weighted by Gasteiger charge is 2.35. The van der Waals surface area contributed by atoms with Crippen molar-refractivity contribution < 1.29 is 18.0 Å². The zero-order chi connectivity index (χ0) is 32.6. The van der Waals surface area contributed by atoms with Gasteiger partial charge in [0.25, 0.3) is 10.0 Å². The minimum atomic E-state index is -4.20. The molecule has 0 radical (unpaired) electrons. The second-order valence-electron chi connectivity index (χ2n) is 11.0. The number of nitrogens with one attached hydrogen (secondary N) is 1. The quantitative estimate of drug-likeness (QED) is 0.166. The van der Waals surface area contributed by atoms with Crippen molar-refractivity contribution in [3.8, 4) is 0 Å². The van der Waals surface area contributed by atoms with Crippen LogP contribution in [0.1, 0.15) is 37.0 Å². The molecule has 0 fully saturated rings. The molecule has 0 aliphatic carbocycles. The summed E-state index contributed by atoms with van der Waals surface area (Å²) >= 11 is 12.4. The van der Waals surface area contributed by atoms with E-state index in [0.717, 1.165) is 15.4 Å². The first-order valence-corrected chi connectivity index (χ1v) is 16.9. The molecule has 10 heteroatoms. The fourth-order valence-corrected chi connectivity index (χ4v) is 6.55. The average molecular weight is 667 g/mol. The highest BCUT2D eigenvalue weighted by Crippen LogP contribution is 2.27. The first kappa shape index (κ1) is 34.0. The number of carbonyl (C=O) groups is 2. The lowest BCUT2D eigenvalue weighted by Crippen LogP contribution is -2.54. The summed E-state index contributed by atoms with van der Waals surface area (Å²) in [6, 6.07) is 28.1. The highest BCUT2D eigenvalue weighted by atomic mass is 35.5. The van der Waals surface area contributed by atoms with Gasteiger partial charge in [-0.2, -0.15) is 0 Å². The van der Waals surface area contributed by atoms with Gasteiger partial charge in [-0.1, -0.05) is 90.3 Å². The molecule has 0 aliphatic rings. The van der Waals surface area contributed by atoms with Crippen LogP contribution in [0, 0.1) is 6.92 Å². The molecule has 4 rings (SSSR count). The van der Waals surface area contributed by atoms with Gasteiger partial charge < -0.3 is 10.2 Å². The van der Waals surface area contributed by atoms with Crippen molar-refractivity contribution in [1.82, 2.24) is 10.2 Å². The molecule has 0 heterocycles. The minimum Gasteiger partial charge on any atom is -0.352 e. The van der Waals surface area contributed by atoms with Crippen LogP contribution < -0.4 is 9.62 Å². The van der Waals surface area contributed by atoms with E-state index in [-0.39, 0.29) is 35.5 Å². The summed E-state index contributed by atoms with van der Waals surface area (Å²) in [5, 5.41) is 3.93. The van der Waals surface area contributed by atoms with Crippen LogP contribution in [0.3, 0.4) is 0 Å². The number of carbonyl (C=O) groups excluding carboxylic acids is 2. The number of nitrogens with zero attached hydrogens (tertiary/aromatic N) is 2. The third-order valence-corrected chi connectivity index (χ3v) is 9.79. The molecule has 45 heavy (non-hydrogen) atoms. The molecular formula is C35H37Cl2N3O4S. The second kappa shape index (κ2) is 15.4. The summed E-state index contributed by atoms with van der Waals surface area (Å²) in [6.45, 7) is 5.20. The topological polar surface area (TPSA) is 86.8 Å². The van der Waals surface area contributed by atoms with Crippen molar-refractivity contribution >= 4 is 50.7 Å². The van der Waals surface area contributed by atoms with Crippen LogP contribution in [0.4, 0.5) is 5.69 Å². The van der Waals surface area contributed by atoms with E-state index in [1.165, 1.54) is 17.0 Å². The molecule has 0 unspecified atom stereocenters. The molecule has 0 spiro atoms. The Balaban J connectivity index is 1.80. The monoisotopic (exact) mass is 665 g/mol. The predicted molar refractivity (Wildman–Crippen MR) is 181 cm³/mol. The van der Waals surface area contributed by atoms with Crippen molar-refractivity contribution in [2.45, 2.75) is 57.1 Å². The molecule has 2 amide bonds. The van der Waals surface area contributed by atoms with Gasteiger partial charge in [-0.15, -0.1) is 0 Å². The van der Waals surface area contributed by atoms with E-state index in [0.29, 0.717) is 22.0 Å². The molecule has 1 N–H and O–H groups in total. The molecule has 0 aliphatic heterocycles. The Labute approximate surface area is 275 Å². The van der Waals surface area contributed by atoms with Gasteiger partial charge in [0, 0.05) is 29.1 Å². The number of hydrogen-bond acceptors (Lipinski definition) is 4. The molecular weight excluding hydrogens is 629 g/mol. The SMILES string of the molecule is CC[C@@H](C)NC(=O)[C@H](Cc1ccccc1)N(Cc1cccc(Cl)c1)C(=O)CN(c1ccc(Cl)cc1)S(=O)(=O)c1ccc(C)cc1. The Morgan fingerprint density at radius 3 is 2.09 bits per heavy atom. The molecule has 0 bridgehead atoms. The van der Waals surface area contributed by atoms with Crippen LogP contribution in [0.25, 0.3) is 0 Å². The van der Waals surface area contributed by atoms with Gasteiger partial charge in [-0.25, -0.2) is 8.42 Å². The van der Waals surface area contributed by atoms with E-state index in [1.807, 2.05) is 57.2 Å². The maximum absolute atomic E-state index is 14.5. The second-order valence-corrected chi connectivity index (χ2v) is 13.7. The van der Waals surface area contributed by atoms with E-state index in [1.54, 1.807) is 54.6 Å². The summed E-state index contributed by atoms with van der Waals surface area (Å²) in [5.41, 5.74) is 2.71. The number of hydrogen-bond donors (Lipinski definition) is 1. The van der Waals surface area contributed by atoms with Crippen molar-refractivity contribution in [2.75, 3.05) is 10.8 Å². The van der Waals surface area contributed by atoms with Crippen molar-refractivity contribution in [3.05, 3.63) is 130 Å². The normalized spacial score (nSPS) is 12.6. The van der Waals surface area contributed by atoms with Crippen LogP contribution in [-0.2, 0) is 32.6 Å². The lowest BCUT2D eigenvalue weighted by atomic mass is 10.0. The van der Waals surface area contributed by atoms with Crippen molar-refractivity contribution in [3.63, 3.8) is 0 Å². The molecule has 4 aromatic rings. The zero-order valence-electron chi connectivity index (χ0n) is 25.5. The Morgan fingerprint density at radius 2 is 1.47 bits per heavy atom. The number of halogens is 2. The number of sulfonamides is 1. The van der Waals surface area contributed by atoms with Crippen LogP contribution in [-0.4, -0.2) is 43.8 Å². The van der Waals surface area contributed by atoms with Gasteiger partial charge in [0.15, 0.2) is 0 Å². The number of anilines is 1. The van der Waals surface area contributed by atoms with Gasteiger partial charge in [0.1, 0.15) is 12.6 Å². The lowest BCUT2D eigenvalue weighted by Gasteiger charge is -2.34. The molecule has 0 saturated heterocycles. The molecule has 2 atom stereocenters. The molecule has 0 aromatic heterocycles. The standard InChI is InChI=1S/C35H37Cl2N3O4S/c1-4-26(3)38-35(42)33(22-27-9-6-5-7-10-27)39(23-28-11-8-12-30(37)21-28)34(41)24-40(31-17-15-29(36)16-18-31)45(43,44)32-19-13-25(2)14-20-32/h5-21,26,33H,4,22-24H2,1-3H3,(H,38,42)/t26-,33+/m1/s1. The average Bonchev–Trinajstić information content (AvgIpc) is 3.02. The fraction of sp³-hybridized carbons (Fsp3) is 0.257. The Morgan fingerprint density at radius 1 is 0.822 bits per heavy atom. The maximum Gasteiger partial charge on any atom is 0.264 e. The largest absolute Gasteiger partial charge is 0.352 e. The lowest BCUT2D eigenvalue weighted by molar-refractivity contribution is -0.140. The van der Waals surface area contributed by atoms with Crippen molar-refractivity contribution in [1.29, 1.82) is 0 Å². The van der Waals surface area contributed by atoms with Gasteiger partial charge in [-0.3, -0.25) is 13.9 Å². The van der Waals surface area contributed by atoms with E-state index in [2.05, 4.69) is 5.32 Å². The molecule has 4 aromatic carbocycles. The van der Waals surface area contributed by atoms with Crippen LogP contribution in [0.5, 0.6) is 0 Å². The third kappa shape index (κ3) is 9.10. The minimum absolute atomic E-state index is 0.0316.